The molecule has 0 saturated heterocycles. The fraction of sp³-hybridized carbons (Fsp3) is 0.370. The van der Waals surface area contributed by atoms with E-state index in [2.05, 4.69) is 34.6 Å². The minimum absolute atomic E-state index is 0.282. The van der Waals surface area contributed by atoms with Crippen LogP contribution in [0.5, 0.6) is 11.5 Å². The molecule has 0 aliphatic heterocycles. The van der Waals surface area contributed by atoms with Crippen LogP contribution >= 0.6 is 0 Å². The van der Waals surface area contributed by atoms with E-state index >= 15 is 0 Å². The van der Waals surface area contributed by atoms with Gasteiger partial charge >= 0.3 is 0 Å². The van der Waals surface area contributed by atoms with Gasteiger partial charge < -0.3 is 25.2 Å². The molecule has 2 heterocycles. The lowest BCUT2D eigenvalue weighted by Gasteiger charge is -2.31. The third kappa shape index (κ3) is 5.64. The number of nitrogens with one attached hydrogen (secondary N) is 2. The molecule has 2 aromatic carbocycles. The van der Waals surface area contributed by atoms with Gasteiger partial charge in [-0.3, -0.25) is 9.67 Å². The zero-order chi connectivity index (χ0) is 25.7. The molecular weight excluding hydrogens is 456 g/mol. The molecule has 3 N–H and O–H groups in total. The number of rotatable bonds is 11. The quantitative estimate of drug-likeness (QED) is 0.276. The minimum atomic E-state index is -1.38. The zero-order valence-corrected chi connectivity index (χ0v) is 21.4. The lowest BCUT2D eigenvalue weighted by atomic mass is 9.85. The van der Waals surface area contributed by atoms with Crippen molar-refractivity contribution in [1.29, 1.82) is 0 Å². The normalized spacial score (nSPS) is 13.2. The van der Waals surface area contributed by atoms with Crippen LogP contribution in [0.25, 0.3) is 22.3 Å². The zero-order valence-electron chi connectivity index (χ0n) is 21.4. The molecule has 0 aliphatic rings. The summed E-state index contributed by atoms with van der Waals surface area (Å²) >= 11 is 0. The van der Waals surface area contributed by atoms with Crippen LogP contribution in [-0.2, 0) is 12.6 Å². The SMILES string of the molecule is COc1cc(OC)cc([C@@](O)(CNCCNC(C)C)c2ccc3ncc(-c4cnn(C)c4)nc3c2)c1. The molecule has 0 fully saturated rings. The third-order valence-corrected chi connectivity index (χ3v) is 6.08. The number of benzene rings is 2. The van der Waals surface area contributed by atoms with Crippen molar-refractivity contribution in [2.24, 2.45) is 7.05 Å². The van der Waals surface area contributed by atoms with Crippen molar-refractivity contribution >= 4 is 11.0 Å². The fourth-order valence-corrected chi connectivity index (χ4v) is 4.10. The molecular formula is C27H34N6O3. The Morgan fingerprint density at radius 2 is 1.72 bits per heavy atom. The van der Waals surface area contributed by atoms with Gasteiger partial charge in [-0.1, -0.05) is 19.9 Å². The second-order valence-electron chi connectivity index (χ2n) is 9.11. The Bertz CT molecular complexity index is 1300. The Hall–Kier alpha value is -3.53. The molecule has 1 atom stereocenters. The standard InChI is InChI=1S/C27H34N6O3/c1-18(2)29-9-8-28-17-27(34,21-10-22(35-4)13-23(11-21)36-5)20-6-7-24-25(12-20)32-26(15-30-24)19-14-31-33(3)16-19/h6-7,10-16,18,28-29,34H,8-9,17H2,1-5H3/t27-/m1/s1. The first-order chi connectivity index (χ1) is 17.3. The Morgan fingerprint density at radius 1 is 0.972 bits per heavy atom. The minimum Gasteiger partial charge on any atom is -0.497 e. The molecule has 36 heavy (non-hydrogen) atoms. The van der Waals surface area contributed by atoms with E-state index in [9.17, 15) is 5.11 Å². The van der Waals surface area contributed by atoms with E-state index in [0.717, 1.165) is 23.3 Å². The summed E-state index contributed by atoms with van der Waals surface area (Å²) in [6.07, 6.45) is 5.39. The Kier molecular flexibility index (Phi) is 7.83. The molecule has 0 unspecified atom stereocenters. The maximum absolute atomic E-state index is 12.2. The number of hydrogen-bond donors (Lipinski definition) is 3. The molecule has 0 bridgehead atoms. The summed E-state index contributed by atoms with van der Waals surface area (Å²) in [5.41, 5.74) is 2.99. The Labute approximate surface area is 211 Å². The summed E-state index contributed by atoms with van der Waals surface area (Å²) in [6.45, 7) is 5.97. The van der Waals surface area contributed by atoms with Gasteiger partial charge in [-0.25, -0.2) is 4.98 Å². The van der Waals surface area contributed by atoms with Crippen LogP contribution in [0, 0.1) is 0 Å². The van der Waals surface area contributed by atoms with Crippen molar-refractivity contribution < 1.29 is 14.6 Å². The maximum Gasteiger partial charge on any atom is 0.127 e. The van der Waals surface area contributed by atoms with E-state index in [0.29, 0.717) is 40.7 Å². The maximum atomic E-state index is 12.2. The van der Waals surface area contributed by atoms with Gasteiger partial charge in [-0.15, -0.1) is 0 Å². The number of ether oxygens (including phenoxy) is 2. The number of aliphatic hydroxyl groups is 1. The van der Waals surface area contributed by atoms with Crippen LogP contribution in [0.15, 0.2) is 55.0 Å². The molecule has 0 radical (unpaired) electrons. The van der Waals surface area contributed by atoms with Gasteiger partial charge in [0, 0.05) is 50.6 Å². The van der Waals surface area contributed by atoms with Crippen molar-refractivity contribution in [2.45, 2.75) is 25.5 Å². The van der Waals surface area contributed by atoms with Gasteiger partial charge in [-0.05, 0) is 35.4 Å². The van der Waals surface area contributed by atoms with Crippen molar-refractivity contribution in [3.63, 3.8) is 0 Å². The van der Waals surface area contributed by atoms with E-state index < -0.39 is 5.60 Å². The number of fused-ring (bicyclic) bond motifs is 1. The van der Waals surface area contributed by atoms with Crippen molar-refractivity contribution in [3.05, 3.63) is 66.1 Å². The van der Waals surface area contributed by atoms with Crippen LogP contribution in [-0.4, -0.2) is 64.8 Å². The van der Waals surface area contributed by atoms with Crippen LogP contribution in [0.4, 0.5) is 0 Å². The highest BCUT2D eigenvalue weighted by atomic mass is 16.5. The molecule has 9 heteroatoms. The van der Waals surface area contributed by atoms with Gasteiger partial charge in [0.2, 0.25) is 0 Å². The van der Waals surface area contributed by atoms with Crippen LogP contribution < -0.4 is 20.1 Å². The molecule has 0 aliphatic carbocycles. The molecule has 0 amide bonds. The first-order valence-corrected chi connectivity index (χ1v) is 12.0. The van der Waals surface area contributed by atoms with E-state index in [-0.39, 0.29) is 6.54 Å². The summed E-state index contributed by atoms with van der Waals surface area (Å²) in [4.78, 5) is 9.39. The number of methoxy groups -OCH3 is 2. The molecule has 2 aromatic heterocycles. The molecule has 9 nitrogen and oxygen atoms in total. The van der Waals surface area contributed by atoms with Crippen LogP contribution in [0.2, 0.25) is 0 Å². The number of aromatic nitrogens is 4. The van der Waals surface area contributed by atoms with Crippen molar-refractivity contribution in [2.75, 3.05) is 33.9 Å². The van der Waals surface area contributed by atoms with Gasteiger partial charge in [0.15, 0.2) is 0 Å². The first-order valence-electron chi connectivity index (χ1n) is 12.0. The Balaban J connectivity index is 1.75. The lowest BCUT2D eigenvalue weighted by molar-refractivity contribution is 0.0798. The predicted molar refractivity (Wildman–Crippen MR) is 140 cm³/mol. The van der Waals surface area contributed by atoms with Gasteiger partial charge in [0.25, 0.3) is 0 Å². The van der Waals surface area contributed by atoms with Crippen LogP contribution in [0.3, 0.4) is 0 Å². The largest absolute Gasteiger partial charge is 0.497 e. The van der Waals surface area contributed by atoms with E-state index in [1.54, 1.807) is 37.4 Å². The second-order valence-corrected chi connectivity index (χ2v) is 9.11. The fourth-order valence-electron chi connectivity index (χ4n) is 4.10. The highest BCUT2D eigenvalue weighted by molar-refractivity contribution is 5.78. The predicted octanol–water partition coefficient (Wildman–Crippen LogP) is 2.87. The highest BCUT2D eigenvalue weighted by Crippen LogP contribution is 2.35. The summed E-state index contributed by atoms with van der Waals surface area (Å²) in [6, 6.07) is 11.5. The Morgan fingerprint density at radius 3 is 2.36 bits per heavy atom. The lowest BCUT2D eigenvalue weighted by Crippen LogP contribution is -2.42. The number of nitrogens with zero attached hydrogens (tertiary/aromatic N) is 4. The number of aryl methyl sites for hydroxylation is 1. The highest BCUT2D eigenvalue weighted by Gasteiger charge is 2.33. The topological polar surface area (TPSA) is 106 Å². The van der Waals surface area contributed by atoms with Crippen molar-refractivity contribution in [3.8, 4) is 22.8 Å². The summed E-state index contributed by atoms with van der Waals surface area (Å²) in [5, 5.41) is 23.2. The van der Waals surface area contributed by atoms with Gasteiger partial charge in [-0.2, -0.15) is 5.10 Å². The van der Waals surface area contributed by atoms with Gasteiger partial charge in [0.05, 0.1) is 43.3 Å². The smallest absolute Gasteiger partial charge is 0.127 e. The van der Waals surface area contributed by atoms with E-state index in [1.165, 1.54) is 0 Å². The summed E-state index contributed by atoms with van der Waals surface area (Å²) in [5.74, 6) is 1.20. The molecule has 4 rings (SSSR count). The second kappa shape index (κ2) is 11.0. The van der Waals surface area contributed by atoms with E-state index in [1.807, 2.05) is 43.6 Å². The first kappa shape index (κ1) is 25.6. The summed E-state index contributed by atoms with van der Waals surface area (Å²) < 4.78 is 12.7. The van der Waals surface area contributed by atoms with E-state index in [4.69, 9.17) is 14.5 Å². The van der Waals surface area contributed by atoms with Crippen molar-refractivity contribution in [1.82, 2.24) is 30.4 Å². The molecule has 0 spiro atoms. The average Bonchev–Trinajstić information content (AvgIpc) is 3.33. The third-order valence-electron chi connectivity index (χ3n) is 6.08. The molecule has 0 saturated carbocycles. The monoisotopic (exact) mass is 490 g/mol. The molecule has 4 aromatic rings. The van der Waals surface area contributed by atoms with Gasteiger partial charge in [0.1, 0.15) is 17.1 Å². The average molecular weight is 491 g/mol. The number of hydrogen-bond acceptors (Lipinski definition) is 8. The van der Waals surface area contributed by atoms with Crippen LogP contribution in [0.1, 0.15) is 25.0 Å². The summed E-state index contributed by atoms with van der Waals surface area (Å²) in [7, 11) is 5.06. The molecule has 190 valence electrons.